The summed E-state index contributed by atoms with van der Waals surface area (Å²) in [5.41, 5.74) is 7.28. The molecule has 2 heterocycles. The van der Waals surface area contributed by atoms with Gasteiger partial charge in [0.05, 0.1) is 6.54 Å². The van der Waals surface area contributed by atoms with Crippen LogP contribution in [0.15, 0.2) is 11.4 Å². The van der Waals surface area contributed by atoms with Crippen LogP contribution in [-0.4, -0.2) is 16.4 Å². The summed E-state index contributed by atoms with van der Waals surface area (Å²) < 4.78 is 40.7. The summed E-state index contributed by atoms with van der Waals surface area (Å²) in [5, 5.41) is 2.80. The lowest BCUT2D eigenvalue weighted by Crippen LogP contribution is -2.27. The van der Waals surface area contributed by atoms with E-state index in [1.165, 1.54) is 11.3 Å². The zero-order valence-corrected chi connectivity index (χ0v) is 12.2. The number of hydrogen-bond donors (Lipinski definition) is 1. The van der Waals surface area contributed by atoms with Crippen molar-refractivity contribution in [2.24, 2.45) is 5.73 Å². The summed E-state index contributed by atoms with van der Waals surface area (Å²) in [6.45, 7) is 2.79. The van der Waals surface area contributed by atoms with E-state index < -0.39 is 17.5 Å². The number of aryl methyl sites for hydroxylation is 1. The first-order valence-corrected chi connectivity index (χ1v) is 7.40. The second-order valence-electron chi connectivity index (χ2n) is 5.09. The highest BCUT2D eigenvalue weighted by Gasteiger charge is 2.34. The van der Waals surface area contributed by atoms with Crippen LogP contribution >= 0.6 is 11.3 Å². The van der Waals surface area contributed by atoms with Crippen molar-refractivity contribution in [2.45, 2.75) is 26.1 Å². The number of thiazole rings is 1. The fourth-order valence-electron chi connectivity index (χ4n) is 2.71. The second kappa shape index (κ2) is 5.40. The van der Waals surface area contributed by atoms with Crippen LogP contribution in [0.25, 0.3) is 0 Å². The molecule has 0 saturated carbocycles. The number of benzene rings is 1. The number of fused-ring (bicyclic) bond motifs is 1. The van der Waals surface area contributed by atoms with Crippen LogP contribution in [-0.2, 0) is 13.1 Å². The van der Waals surface area contributed by atoms with Gasteiger partial charge >= 0.3 is 0 Å². The van der Waals surface area contributed by atoms with Crippen LogP contribution in [0.3, 0.4) is 0 Å². The molecule has 2 aromatic rings. The third-order valence-corrected chi connectivity index (χ3v) is 4.64. The Kier molecular flexibility index (Phi) is 3.73. The van der Waals surface area contributed by atoms with Crippen molar-refractivity contribution in [1.29, 1.82) is 0 Å². The first-order valence-electron chi connectivity index (χ1n) is 6.52. The highest BCUT2D eigenvalue weighted by Crippen LogP contribution is 2.37. The zero-order chi connectivity index (χ0) is 15.1. The van der Waals surface area contributed by atoms with E-state index in [-0.39, 0.29) is 24.7 Å². The smallest absolute Gasteiger partial charge is 0.194 e. The van der Waals surface area contributed by atoms with E-state index >= 15 is 0 Å². The number of halogens is 3. The fraction of sp³-hybridized carbons (Fsp3) is 0.357. The van der Waals surface area contributed by atoms with Crippen LogP contribution in [0.1, 0.15) is 27.9 Å². The number of nitrogens with two attached hydrogens (primary N) is 1. The molecule has 1 aliphatic heterocycles. The lowest BCUT2D eigenvalue weighted by Gasteiger charge is -2.22. The average molecular weight is 313 g/mol. The normalized spacial score (nSPS) is 18.2. The third kappa shape index (κ3) is 2.45. The molecule has 7 heteroatoms. The van der Waals surface area contributed by atoms with E-state index in [9.17, 15) is 13.2 Å². The maximum absolute atomic E-state index is 13.9. The minimum absolute atomic E-state index is 0.192. The van der Waals surface area contributed by atoms with Gasteiger partial charge < -0.3 is 5.73 Å². The van der Waals surface area contributed by atoms with Gasteiger partial charge in [-0.15, -0.1) is 11.3 Å². The molecule has 3 rings (SSSR count). The molecule has 1 atom stereocenters. The van der Waals surface area contributed by atoms with Gasteiger partial charge in [-0.2, -0.15) is 0 Å². The molecular weight excluding hydrogens is 299 g/mol. The Hall–Kier alpha value is -1.44. The van der Waals surface area contributed by atoms with Gasteiger partial charge in [0.25, 0.3) is 0 Å². The quantitative estimate of drug-likeness (QED) is 0.886. The van der Waals surface area contributed by atoms with Gasteiger partial charge in [0.2, 0.25) is 0 Å². The lowest BCUT2D eigenvalue weighted by atomic mass is 10.0. The summed E-state index contributed by atoms with van der Waals surface area (Å²) >= 11 is 1.50. The molecular formula is C14H14F3N3S. The van der Waals surface area contributed by atoms with E-state index in [1.807, 2.05) is 17.2 Å². The van der Waals surface area contributed by atoms with Gasteiger partial charge in [-0.25, -0.2) is 18.2 Å². The van der Waals surface area contributed by atoms with Crippen molar-refractivity contribution in [3.05, 3.63) is 50.7 Å². The Balaban J connectivity index is 1.94. The Morgan fingerprint density at radius 2 is 2.14 bits per heavy atom. The Morgan fingerprint density at radius 1 is 1.38 bits per heavy atom. The predicted molar refractivity (Wildman–Crippen MR) is 74.2 cm³/mol. The average Bonchev–Trinajstić information content (AvgIpc) is 3.00. The van der Waals surface area contributed by atoms with Crippen molar-refractivity contribution >= 4 is 11.3 Å². The maximum Gasteiger partial charge on any atom is 0.194 e. The maximum atomic E-state index is 13.9. The minimum atomic E-state index is -1.42. The van der Waals surface area contributed by atoms with Crippen LogP contribution in [0, 0.1) is 24.4 Å². The first kappa shape index (κ1) is 14.5. The molecule has 112 valence electrons. The van der Waals surface area contributed by atoms with Gasteiger partial charge in [-0.05, 0) is 18.6 Å². The summed E-state index contributed by atoms with van der Waals surface area (Å²) in [6, 6.07) is 0.729. The molecule has 21 heavy (non-hydrogen) atoms. The van der Waals surface area contributed by atoms with Gasteiger partial charge in [0, 0.05) is 35.8 Å². The fourth-order valence-corrected chi connectivity index (χ4v) is 3.51. The van der Waals surface area contributed by atoms with E-state index in [2.05, 4.69) is 4.98 Å². The van der Waals surface area contributed by atoms with Crippen LogP contribution in [0.5, 0.6) is 0 Å². The molecule has 1 unspecified atom stereocenters. The molecule has 0 saturated heterocycles. The number of hydrogen-bond acceptors (Lipinski definition) is 4. The minimum Gasteiger partial charge on any atom is -0.329 e. The van der Waals surface area contributed by atoms with Crippen LogP contribution in [0.2, 0.25) is 0 Å². The molecule has 1 aliphatic rings. The number of nitrogens with zero attached hydrogens (tertiary/aromatic N) is 2. The lowest BCUT2D eigenvalue weighted by molar-refractivity contribution is 0.209. The third-order valence-electron chi connectivity index (χ3n) is 3.69. The van der Waals surface area contributed by atoms with E-state index in [0.29, 0.717) is 12.1 Å². The van der Waals surface area contributed by atoms with E-state index in [4.69, 9.17) is 5.73 Å². The van der Waals surface area contributed by atoms with Gasteiger partial charge in [-0.1, -0.05) is 0 Å². The molecule has 1 aromatic carbocycles. The topological polar surface area (TPSA) is 42.1 Å². The Morgan fingerprint density at radius 3 is 2.76 bits per heavy atom. The Bertz CT molecular complexity index is 686. The number of rotatable bonds is 3. The van der Waals surface area contributed by atoms with E-state index in [1.54, 1.807) is 0 Å². The molecule has 3 nitrogen and oxygen atoms in total. The van der Waals surface area contributed by atoms with Crippen LogP contribution in [0.4, 0.5) is 13.2 Å². The standard InChI is InChI=1S/C14H14F3N3S/c1-7-6-21-12(19-7)5-20-4-9-8(11(20)3-18)2-10(15)14(17)13(9)16/h2,6,11H,3-5,18H2,1H3. The molecule has 1 aromatic heterocycles. The molecule has 0 bridgehead atoms. The molecule has 0 fully saturated rings. The number of aromatic nitrogens is 1. The summed E-state index contributed by atoms with van der Waals surface area (Å²) in [6.07, 6.45) is 0. The SMILES string of the molecule is Cc1csc(CN2Cc3c(cc(F)c(F)c3F)C2CN)n1. The predicted octanol–water partition coefficient (Wildman–Crippen LogP) is 2.88. The van der Waals surface area contributed by atoms with Crippen molar-refractivity contribution in [3.63, 3.8) is 0 Å². The van der Waals surface area contributed by atoms with E-state index in [0.717, 1.165) is 16.8 Å². The summed E-state index contributed by atoms with van der Waals surface area (Å²) in [5.74, 6) is -3.70. The first-order chi connectivity index (χ1) is 10.0. The summed E-state index contributed by atoms with van der Waals surface area (Å²) in [7, 11) is 0. The summed E-state index contributed by atoms with van der Waals surface area (Å²) in [4.78, 5) is 6.25. The molecule has 0 spiro atoms. The zero-order valence-electron chi connectivity index (χ0n) is 11.4. The van der Waals surface area contributed by atoms with Crippen LogP contribution < -0.4 is 5.73 Å². The van der Waals surface area contributed by atoms with Gasteiger partial charge in [-0.3, -0.25) is 4.90 Å². The van der Waals surface area contributed by atoms with Crippen molar-refractivity contribution < 1.29 is 13.2 Å². The van der Waals surface area contributed by atoms with Crippen molar-refractivity contribution in [1.82, 2.24) is 9.88 Å². The molecule has 0 amide bonds. The van der Waals surface area contributed by atoms with Crippen molar-refractivity contribution in [3.8, 4) is 0 Å². The molecule has 0 radical (unpaired) electrons. The highest BCUT2D eigenvalue weighted by atomic mass is 32.1. The molecule has 0 aliphatic carbocycles. The Labute approximate surface area is 124 Å². The second-order valence-corrected chi connectivity index (χ2v) is 6.04. The highest BCUT2D eigenvalue weighted by molar-refractivity contribution is 7.09. The van der Waals surface area contributed by atoms with Gasteiger partial charge in [0.1, 0.15) is 5.01 Å². The molecule has 2 N–H and O–H groups in total. The largest absolute Gasteiger partial charge is 0.329 e. The monoisotopic (exact) mass is 313 g/mol. The van der Waals surface area contributed by atoms with Gasteiger partial charge in [0.15, 0.2) is 17.5 Å². The van der Waals surface area contributed by atoms with Crippen molar-refractivity contribution in [2.75, 3.05) is 6.54 Å².